The normalized spacial score (nSPS) is 11.4. The molecule has 0 saturated carbocycles. The van der Waals surface area contributed by atoms with Crippen molar-refractivity contribution in [2.24, 2.45) is 0 Å². The largest absolute Gasteiger partial charge is 0.345 e. The van der Waals surface area contributed by atoms with E-state index in [0.29, 0.717) is 18.8 Å². The number of amides is 1. The second-order valence-electron chi connectivity index (χ2n) is 7.56. The van der Waals surface area contributed by atoms with Gasteiger partial charge in [-0.25, -0.2) is 0 Å². The predicted octanol–water partition coefficient (Wildman–Crippen LogP) is 4.19. The molecule has 3 aromatic rings. The maximum Gasteiger partial charge on any atom is 0.272 e. The van der Waals surface area contributed by atoms with Crippen LogP contribution in [0.2, 0.25) is 0 Å². The van der Waals surface area contributed by atoms with Crippen molar-refractivity contribution in [2.45, 2.75) is 46.2 Å². The molecule has 0 unspecified atom stereocenters. The summed E-state index contributed by atoms with van der Waals surface area (Å²) in [5, 5.41) is 7.36. The Morgan fingerprint density at radius 3 is 2.44 bits per heavy atom. The molecule has 0 aliphatic heterocycles. The molecule has 0 bridgehead atoms. The first kappa shape index (κ1) is 18.8. The second-order valence-corrected chi connectivity index (χ2v) is 7.56. The molecule has 5 nitrogen and oxygen atoms in total. The van der Waals surface area contributed by atoms with E-state index in [1.807, 2.05) is 35.9 Å². The van der Waals surface area contributed by atoms with Gasteiger partial charge in [0.15, 0.2) is 5.69 Å². The van der Waals surface area contributed by atoms with Crippen molar-refractivity contribution < 1.29 is 4.79 Å². The van der Waals surface area contributed by atoms with Crippen LogP contribution in [-0.4, -0.2) is 20.7 Å². The average Bonchev–Trinajstić information content (AvgIpc) is 3.11. The number of carbonyl (C=O) groups excluding carboxylic acids is 1. The number of hydrogen-bond donors (Lipinski definition) is 1. The van der Waals surface area contributed by atoms with Crippen LogP contribution in [-0.2, 0) is 18.5 Å². The Hall–Kier alpha value is -2.95. The van der Waals surface area contributed by atoms with E-state index in [2.05, 4.69) is 60.4 Å². The zero-order valence-corrected chi connectivity index (χ0v) is 16.4. The van der Waals surface area contributed by atoms with Crippen molar-refractivity contribution in [3.63, 3.8) is 0 Å². The number of hydrogen-bond acceptors (Lipinski definition) is 3. The second kappa shape index (κ2) is 7.74. The fraction of sp³-hybridized carbons (Fsp3) is 0.318. The summed E-state index contributed by atoms with van der Waals surface area (Å²) in [4.78, 5) is 16.7. The van der Waals surface area contributed by atoms with Crippen molar-refractivity contribution >= 4 is 5.91 Å². The summed E-state index contributed by atoms with van der Waals surface area (Å²) in [5.41, 5.74) is 4.63. The number of aromatic nitrogens is 3. The van der Waals surface area contributed by atoms with Crippen LogP contribution in [0.25, 0.3) is 11.3 Å². The highest BCUT2D eigenvalue weighted by molar-refractivity contribution is 5.93. The summed E-state index contributed by atoms with van der Waals surface area (Å²) in [6, 6.07) is 16.0. The van der Waals surface area contributed by atoms with Crippen LogP contribution in [0.1, 0.15) is 49.4 Å². The number of nitrogens with zero attached hydrogens (tertiary/aromatic N) is 3. The molecule has 140 valence electrons. The Morgan fingerprint density at radius 1 is 1.11 bits per heavy atom. The lowest BCUT2D eigenvalue weighted by Crippen LogP contribution is -2.23. The Morgan fingerprint density at radius 2 is 1.85 bits per heavy atom. The van der Waals surface area contributed by atoms with E-state index >= 15 is 0 Å². The molecule has 0 saturated heterocycles. The molecule has 0 aliphatic carbocycles. The van der Waals surface area contributed by atoms with Gasteiger partial charge in [-0.3, -0.25) is 14.5 Å². The molecular weight excluding hydrogens is 336 g/mol. The average molecular weight is 362 g/mol. The molecule has 0 spiro atoms. The first-order chi connectivity index (χ1) is 12.9. The first-order valence-electron chi connectivity index (χ1n) is 9.25. The van der Waals surface area contributed by atoms with Crippen molar-refractivity contribution in [3.05, 3.63) is 71.7 Å². The zero-order valence-electron chi connectivity index (χ0n) is 16.4. The van der Waals surface area contributed by atoms with E-state index in [-0.39, 0.29) is 11.3 Å². The van der Waals surface area contributed by atoms with Crippen LogP contribution in [0.4, 0.5) is 0 Å². The van der Waals surface area contributed by atoms with E-state index in [0.717, 1.165) is 17.0 Å². The summed E-state index contributed by atoms with van der Waals surface area (Å²) < 4.78 is 1.86. The van der Waals surface area contributed by atoms with E-state index < -0.39 is 0 Å². The Balaban J connectivity index is 1.79. The van der Waals surface area contributed by atoms with Crippen LogP contribution in [0, 0.1) is 0 Å². The minimum absolute atomic E-state index is 0.111. The number of pyridine rings is 1. The van der Waals surface area contributed by atoms with Gasteiger partial charge in [0.2, 0.25) is 0 Å². The van der Waals surface area contributed by atoms with E-state index in [1.54, 1.807) is 6.20 Å². The number of carbonyl (C=O) groups is 1. The highest BCUT2D eigenvalue weighted by atomic mass is 16.1. The standard InChI is InChI=1S/C22H26N4O/c1-5-26-20(16-9-11-17(12-10-16)22(2,3)4)14-19(25-26)21(27)24-15-18-8-6-7-13-23-18/h6-14H,5,15H2,1-4H3,(H,24,27). The summed E-state index contributed by atoms with van der Waals surface area (Å²) >= 11 is 0. The van der Waals surface area contributed by atoms with Gasteiger partial charge >= 0.3 is 0 Å². The maximum atomic E-state index is 12.5. The van der Waals surface area contributed by atoms with Gasteiger partial charge in [-0.2, -0.15) is 5.10 Å². The molecule has 0 aliphatic rings. The molecule has 1 N–H and O–H groups in total. The van der Waals surface area contributed by atoms with E-state index in [1.165, 1.54) is 5.56 Å². The number of nitrogens with one attached hydrogen (secondary N) is 1. The summed E-state index contributed by atoms with van der Waals surface area (Å²) in [7, 11) is 0. The minimum Gasteiger partial charge on any atom is -0.345 e. The number of benzene rings is 1. The van der Waals surface area contributed by atoms with Crippen molar-refractivity contribution in [2.75, 3.05) is 0 Å². The molecule has 3 rings (SSSR count). The summed E-state index contributed by atoms with van der Waals surface area (Å²) in [6.45, 7) is 9.70. The van der Waals surface area contributed by atoms with E-state index in [4.69, 9.17) is 0 Å². The van der Waals surface area contributed by atoms with Crippen molar-refractivity contribution in [3.8, 4) is 11.3 Å². The number of rotatable bonds is 5. The van der Waals surface area contributed by atoms with Gasteiger partial charge in [-0.1, -0.05) is 51.1 Å². The van der Waals surface area contributed by atoms with Gasteiger partial charge in [-0.15, -0.1) is 0 Å². The fourth-order valence-electron chi connectivity index (χ4n) is 2.91. The molecule has 2 aromatic heterocycles. The highest BCUT2D eigenvalue weighted by Crippen LogP contribution is 2.26. The SMILES string of the molecule is CCn1nc(C(=O)NCc2ccccn2)cc1-c1ccc(C(C)(C)C)cc1. The topological polar surface area (TPSA) is 59.8 Å². The maximum absolute atomic E-state index is 12.5. The molecule has 1 aromatic carbocycles. The van der Waals surface area contributed by atoms with Crippen LogP contribution in [0.15, 0.2) is 54.7 Å². The molecule has 5 heteroatoms. The molecule has 2 heterocycles. The van der Waals surface area contributed by atoms with Gasteiger partial charge in [-0.05, 0) is 41.7 Å². The zero-order chi connectivity index (χ0) is 19.4. The third-order valence-corrected chi connectivity index (χ3v) is 4.52. The smallest absolute Gasteiger partial charge is 0.272 e. The molecule has 1 amide bonds. The molecule has 0 atom stereocenters. The summed E-state index contributed by atoms with van der Waals surface area (Å²) in [6.07, 6.45) is 1.71. The summed E-state index contributed by atoms with van der Waals surface area (Å²) in [5.74, 6) is -0.194. The number of aryl methyl sites for hydroxylation is 1. The van der Waals surface area contributed by atoms with Gasteiger partial charge in [0.1, 0.15) is 0 Å². The van der Waals surface area contributed by atoms with Gasteiger partial charge in [0.05, 0.1) is 17.9 Å². The fourth-order valence-corrected chi connectivity index (χ4v) is 2.91. The quantitative estimate of drug-likeness (QED) is 0.740. The Kier molecular flexibility index (Phi) is 5.40. The monoisotopic (exact) mass is 362 g/mol. The van der Waals surface area contributed by atoms with Crippen molar-refractivity contribution in [1.82, 2.24) is 20.1 Å². The highest BCUT2D eigenvalue weighted by Gasteiger charge is 2.17. The first-order valence-corrected chi connectivity index (χ1v) is 9.25. The third kappa shape index (κ3) is 4.42. The predicted molar refractivity (Wildman–Crippen MR) is 107 cm³/mol. The van der Waals surface area contributed by atoms with Crippen molar-refractivity contribution in [1.29, 1.82) is 0 Å². The van der Waals surface area contributed by atoms with Crippen LogP contribution in [0.5, 0.6) is 0 Å². The third-order valence-electron chi connectivity index (χ3n) is 4.52. The molecule has 0 fully saturated rings. The van der Waals surface area contributed by atoms with E-state index in [9.17, 15) is 4.79 Å². The van der Waals surface area contributed by atoms with Crippen LogP contribution < -0.4 is 5.32 Å². The molecular formula is C22H26N4O. The van der Waals surface area contributed by atoms with Gasteiger partial charge in [0, 0.05) is 12.7 Å². The van der Waals surface area contributed by atoms with Gasteiger partial charge < -0.3 is 5.32 Å². The Labute approximate surface area is 160 Å². The lowest BCUT2D eigenvalue weighted by molar-refractivity contribution is 0.0944. The Bertz CT molecular complexity index is 906. The van der Waals surface area contributed by atoms with Crippen LogP contribution >= 0.6 is 0 Å². The molecule has 0 radical (unpaired) electrons. The lowest BCUT2D eigenvalue weighted by atomic mass is 9.86. The lowest BCUT2D eigenvalue weighted by Gasteiger charge is -2.19. The van der Waals surface area contributed by atoms with Crippen LogP contribution in [0.3, 0.4) is 0 Å². The minimum atomic E-state index is -0.194. The van der Waals surface area contributed by atoms with Gasteiger partial charge in [0.25, 0.3) is 5.91 Å². The molecule has 27 heavy (non-hydrogen) atoms.